The second-order valence-corrected chi connectivity index (χ2v) is 8.00. The van der Waals surface area contributed by atoms with E-state index in [0.29, 0.717) is 28.0 Å². The Morgan fingerprint density at radius 3 is 2.54 bits per heavy atom. The summed E-state index contributed by atoms with van der Waals surface area (Å²) in [5, 5.41) is 10.2. The summed E-state index contributed by atoms with van der Waals surface area (Å²) in [6.07, 6.45) is 0.520. The van der Waals surface area contributed by atoms with Crippen LogP contribution in [0.25, 0.3) is 11.0 Å². The van der Waals surface area contributed by atoms with E-state index in [0.717, 1.165) is 5.56 Å². The molecule has 6 nitrogen and oxygen atoms in total. The molecule has 136 valence electrons. The summed E-state index contributed by atoms with van der Waals surface area (Å²) in [5.74, 6) is -1.38. The van der Waals surface area contributed by atoms with Crippen molar-refractivity contribution in [1.82, 2.24) is 4.72 Å². The van der Waals surface area contributed by atoms with Crippen LogP contribution in [0.2, 0.25) is 5.02 Å². The first kappa shape index (κ1) is 18.4. The van der Waals surface area contributed by atoms with E-state index in [1.54, 1.807) is 19.1 Å². The smallest absolute Gasteiger partial charge is 0.372 e. The van der Waals surface area contributed by atoms with Crippen LogP contribution in [-0.2, 0) is 16.4 Å². The number of sulfonamides is 1. The lowest BCUT2D eigenvalue weighted by Crippen LogP contribution is -2.25. The van der Waals surface area contributed by atoms with Crippen molar-refractivity contribution >= 4 is 38.6 Å². The number of nitrogens with one attached hydrogen (secondary N) is 1. The van der Waals surface area contributed by atoms with Crippen LogP contribution in [0.15, 0.2) is 51.8 Å². The Labute approximate surface area is 155 Å². The number of halogens is 1. The molecule has 0 aliphatic rings. The standard InChI is InChI=1S/C18H16ClNO5S/c1-11-15-10-14(6-7-16(15)25-17(11)18(21)22)26(23,24)20-9-8-12-2-4-13(19)5-3-12/h2-7,10,20H,8-9H2,1H3,(H,21,22). The number of furan rings is 1. The molecule has 0 bridgehead atoms. The largest absolute Gasteiger partial charge is 0.475 e. The van der Waals surface area contributed by atoms with Crippen LogP contribution in [-0.4, -0.2) is 26.0 Å². The summed E-state index contributed by atoms with van der Waals surface area (Å²) < 4.78 is 32.8. The molecule has 0 saturated heterocycles. The van der Waals surface area contributed by atoms with Gasteiger partial charge in [-0.15, -0.1) is 0 Å². The lowest BCUT2D eigenvalue weighted by Gasteiger charge is -2.07. The van der Waals surface area contributed by atoms with Gasteiger partial charge in [0.2, 0.25) is 15.8 Å². The number of carbonyl (C=O) groups is 1. The van der Waals surface area contributed by atoms with Gasteiger partial charge in [0, 0.05) is 22.5 Å². The van der Waals surface area contributed by atoms with Crippen molar-refractivity contribution in [1.29, 1.82) is 0 Å². The van der Waals surface area contributed by atoms with Crippen molar-refractivity contribution < 1.29 is 22.7 Å². The molecule has 0 aliphatic carbocycles. The van der Waals surface area contributed by atoms with Gasteiger partial charge in [0.05, 0.1) is 4.90 Å². The molecule has 0 amide bonds. The quantitative estimate of drug-likeness (QED) is 0.666. The average Bonchev–Trinajstić information content (AvgIpc) is 2.93. The summed E-state index contributed by atoms with van der Waals surface area (Å²) in [6, 6.07) is 11.5. The second kappa shape index (κ2) is 7.11. The van der Waals surface area contributed by atoms with Gasteiger partial charge < -0.3 is 9.52 Å². The molecular weight excluding hydrogens is 378 g/mol. The molecule has 0 spiro atoms. The molecule has 0 unspecified atom stereocenters. The van der Waals surface area contributed by atoms with Crippen molar-refractivity contribution in [3.63, 3.8) is 0 Å². The van der Waals surface area contributed by atoms with Crippen LogP contribution in [0.5, 0.6) is 0 Å². The Bertz CT molecular complexity index is 1070. The number of hydrogen-bond donors (Lipinski definition) is 2. The van der Waals surface area contributed by atoms with Crippen LogP contribution < -0.4 is 4.72 Å². The van der Waals surface area contributed by atoms with Gasteiger partial charge in [-0.3, -0.25) is 0 Å². The van der Waals surface area contributed by atoms with E-state index in [2.05, 4.69) is 4.72 Å². The number of fused-ring (bicyclic) bond motifs is 1. The molecule has 0 fully saturated rings. The highest BCUT2D eigenvalue weighted by atomic mass is 35.5. The number of carboxylic acid groups (broad SMARTS) is 1. The topological polar surface area (TPSA) is 96.6 Å². The van der Waals surface area contributed by atoms with E-state index < -0.39 is 16.0 Å². The minimum atomic E-state index is -3.72. The van der Waals surface area contributed by atoms with Crippen molar-refractivity contribution in [2.75, 3.05) is 6.54 Å². The van der Waals surface area contributed by atoms with Crippen molar-refractivity contribution in [2.45, 2.75) is 18.2 Å². The predicted molar refractivity (Wildman–Crippen MR) is 98.3 cm³/mol. The molecule has 8 heteroatoms. The fourth-order valence-electron chi connectivity index (χ4n) is 2.64. The summed E-state index contributed by atoms with van der Waals surface area (Å²) in [5.41, 5.74) is 1.69. The van der Waals surface area contributed by atoms with Gasteiger partial charge in [-0.05, 0) is 49.2 Å². The summed E-state index contributed by atoms with van der Waals surface area (Å²) >= 11 is 5.82. The van der Waals surface area contributed by atoms with Gasteiger partial charge in [-0.1, -0.05) is 23.7 Å². The molecule has 3 rings (SSSR count). The fourth-order valence-corrected chi connectivity index (χ4v) is 3.82. The van der Waals surface area contributed by atoms with E-state index >= 15 is 0 Å². The Kier molecular flexibility index (Phi) is 5.04. The lowest BCUT2D eigenvalue weighted by molar-refractivity contribution is 0.0664. The van der Waals surface area contributed by atoms with Crippen LogP contribution in [0.4, 0.5) is 0 Å². The Morgan fingerprint density at radius 1 is 1.19 bits per heavy atom. The van der Waals surface area contributed by atoms with Crippen LogP contribution in [0.3, 0.4) is 0 Å². The van der Waals surface area contributed by atoms with Gasteiger partial charge in [0.15, 0.2) is 0 Å². The first-order valence-corrected chi connectivity index (χ1v) is 9.64. The van der Waals surface area contributed by atoms with Crippen molar-refractivity contribution in [3.8, 4) is 0 Å². The molecule has 0 radical (unpaired) electrons. The van der Waals surface area contributed by atoms with Gasteiger partial charge in [0.25, 0.3) is 0 Å². The Balaban J connectivity index is 1.79. The van der Waals surface area contributed by atoms with E-state index in [9.17, 15) is 13.2 Å². The second-order valence-electron chi connectivity index (χ2n) is 5.79. The van der Waals surface area contributed by atoms with E-state index in [1.165, 1.54) is 18.2 Å². The van der Waals surface area contributed by atoms with Gasteiger partial charge in [-0.2, -0.15) is 0 Å². The summed E-state index contributed by atoms with van der Waals surface area (Å²) in [6.45, 7) is 1.81. The first-order chi connectivity index (χ1) is 12.3. The summed E-state index contributed by atoms with van der Waals surface area (Å²) in [4.78, 5) is 11.2. The molecule has 0 atom stereocenters. The number of carboxylic acids is 1. The van der Waals surface area contributed by atoms with Crippen LogP contribution >= 0.6 is 11.6 Å². The van der Waals surface area contributed by atoms with Crippen molar-refractivity contribution in [3.05, 3.63) is 64.4 Å². The molecule has 3 aromatic rings. The molecule has 1 heterocycles. The Hall–Kier alpha value is -2.35. The minimum Gasteiger partial charge on any atom is -0.475 e. The highest BCUT2D eigenvalue weighted by Gasteiger charge is 2.20. The number of benzene rings is 2. The fraction of sp³-hybridized carbons (Fsp3) is 0.167. The van der Waals surface area contributed by atoms with E-state index in [4.69, 9.17) is 21.1 Å². The van der Waals surface area contributed by atoms with Crippen LogP contribution in [0.1, 0.15) is 21.7 Å². The van der Waals surface area contributed by atoms with Crippen LogP contribution in [0, 0.1) is 6.92 Å². The maximum atomic E-state index is 12.5. The van der Waals surface area contributed by atoms with Crippen molar-refractivity contribution in [2.24, 2.45) is 0 Å². The molecule has 26 heavy (non-hydrogen) atoms. The highest BCUT2D eigenvalue weighted by Crippen LogP contribution is 2.27. The maximum Gasteiger partial charge on any atom is 0.372 e. The maximum absolute atomic E-state index is 12.5. The first-order valence-electron chi connectivity index (χ1n) is 7.78. The third kappa shape index (κ3) is 3.75. The number of aromatic carboxylic acids is 1. The third-order valence-electron chi connectivity index (χ3n) is 4.03. The van der Waals surface area contributed by atoms with E-state index in [1.807, 2.05) is 12.1 Å². The van der Waals surface area contributed by atoms with Gasteiger partial charge in [-0.25, -0.2) is 17.9 Å². The van der Waals surface area contributed by atoms with Gasteiger partial charge >= 0.3 is 5.97 Å². The SMILES string of the molecule is Cc1c(C(=O)O)oc2ccc(S(=O)(=O)NCCc3ccc(Cl)cc3)cc12. The average molecular weight is 394 g/mol. The van der Waals surface area contributed by atoms with E-state index in [-0.39, 0.29) is 17.2 Å². The zero-order valence-electron chi connectivity index (χ0n) is 13.8. The number of rotatable bonds is 6. The zero-order chi connectivity index (χ0) is 18.9. The zero-order valence-corrected chi connectivity index (χ0v) is 15.4. The van der Waals surface area contributed by atoms with Gasteiger partial charge in [0.1, 0.15) is 5.58 Å². The molecule has 1 aromatic heterocycles. The predicted octanol–water partition coefficient (Wildman–Crippen LogP) is 3.61. The normalized spacial score (nSPS) is 11.8. The highest BCUT2D eigenvalue weighted by molar-refractivity contribution is 7.89. The third-order valence-corrected chi connectivity index (χ3v) is 5.74. The monoisotopic (exact) mass is 393 g/mol. The molecule has 2 N–H and O–H groups in total. The molecule has 2 aromatic carbocycles. The number of aryl methyl sites for hydroxylation is 1. The molecule has 0 saturated carbocycles. The molecule has 0 aliphatic heterocycles. The summed E-state index contributed by atoms with van der Waals surface area (Å²) in [7, 11) is -3.72. The minimum absolute atomic E-state index is 0.0574. The number of hydrogen-bond acceptors (Lipinski definition) is 4. The molecular formula is C18H16ClNO5S. The Morgan fingerprint density at radius 2 is 1.88 bits per heavy atom. The lowest BCUT2D eigenvalue weighted by atomic mass is 10.1.